The van der Waals surface area contributed by atoms with Gasteiger partial charge in [0.2, 0.25) is 0 Å². The Balaban J connectivity index is 1.65. The summed E-state index contributed by atoms with van der Waals surface area (Å²) < 4.78 is 5.77. The lowest BCUT2D eigenvalue weighted by molar-refractivity contribution is 0.147. The molecule has 3 heteroatoms. The molecule has 1 aromatic rings. The fraction of sp³-hybridized carbons (Fsp3) is 0.824. The van der Waals surface area contributed by atoms with Crippen LogP contribution < -0.4 is 5.32 Å². The van der Waals surface area contributed by atoms with E-state index in [2.05, 4.69) is 24.1 Å². The van der Waals surface area contributed by atoms with E-state index in [1.807, 2.05) is 0 Å². The largest absolute Gasteiger partial charge is 0.448 e. The molecule has 2 aliphatic carbocycles. The van der Waals surface area contributed by atoms with Crippen LogP contribution in [0.2, 0.25) is 0 Å². The van der Waals surface area contributed by atoms with E-state index in [0.717, 1.165) is 24.1 Å². The van der Waals surface area contributed by atoms with Gasteiger partial charge < -0.3 is 9.73 Å². The van der Waals surface area contributed by atoms with Crippen LogP contribution in [0.3, 0.4) is 0 Å². The van der Waals surface area contributed by atoms with Crippen LogP contribution in [0.25, 0.3) is 0 Å². The molecule has 1 N–H and O–H groups in total. The average Bonchev–Trinajstić information content (AvgIpc) is 2.93. The minimum absolute atomic E-state index is 0.494. The molecule has 3 nitrogen and oxygen atoms in total. The summed E-state index contributed by atoms with van der Waals surface area (Å²) >= 11 is 0. The molecule has 0 saturated heterocycles. The molecule has 0 bridgehead atoms. The first-order valence-electron chi connectivity index (χ1n) is 8.39. The van der Waals surface area contributed by atoms with Crippen molar-refractivity contribution < 1.29 is 4.42 Å². The quantitative estimate of drug-likeness (QED) is 0.893. The Labute approximate surface area is 122 Å². The van der Waals surface area contributed by atoms with E-state index in [1.54, 1.807) is 6.39 Å². The van der Waals surface area contributed by atoms with Gasteiger partial charge >= 0.3 is 0 Å². The molecule has 3 rings (SSSR count). The number of oxazole rings is 1. The standard InChI is InChI=1S/C17H28N2O/c1-12(2)18-10-16-17(20-11-19-16)15-8-7-13-5-3-4-6-14(13)9-15/h11-15,18H,3-10H2,1-2H3. The van der Waals surface area contributed by atoms with E-state index >= 15 is 0 Å². The Morgan fingerprint density at radius 2 is 2.00 bits per heavy atom. The van der Waals surface area contributed by atoms with E-state index in [9.17, 15) is 0 Å². The van der Waals surface area contributed by atoms with Gasteiger partial charge in [-0.05, 0) is 31.1 Å². The molecule has 1 heterocycles. The molecule has 1 aromatic heterocycles. The van der Waals surface area contributed by atoms with Crippen LogP contribution in [-0.4, -0.2) is 11.0 Å². The zero-order valence-electron chi connectivity index (χ0n) is 12.9. The van der Waals surface area contributed by atoms with Gasteiger partial charge in [-0.2, -0.15) is 0 Å². The first-order valence-corrected chi connectivity index (χ1v) is 8.39. The van der Waals surface area contributed by atoms with Crippen LogP contribution in [0.1, 0.15) is 76.2 Å². The van der Waals surface area contributed by atoms with Crippen LogP contribution >= 0.6 is 0 Å². The van der Waals surface area contributed by atoms with Crippen LogP contribution in [0.5, 0.6) is 0 Å². The van der Waals surface area contributed by atoms with E-state index < -0.39 is 0 Å². The molecule has 0 aromatic carbocycles. The second kappa shape index (κ2) is 6.30. The van der Waals surface area contributed by atoms with Gasteiger partial charge in [-0.15, -0.1) is 0 Å². The normalized spacial score (nSPS) is 30.4. The van der Waals surface area contributed by atoms with Crippen molar-refractivity contribution in [3.63, 3.8) is 0 Å². The first-order chi connectivity index (χ1) is 9.74. The summed E-state index contributed by atoms with van der Waals surface area (Å²) in [5, 5.41) is 3.46. The van der Waals surface area contributed by atoms with Crippen molar-refractivity contribution in [1.82, 2.24) is 10.3 Å². The van der Waals surface area contributed by atoms with Crippen molar-refractivity contribution >= 4 is 0 Å². The van der Waals surface area contributed by atoms with Crippen molar-refractivity contribution in [1.29, 1.82) is 0 Å². The third-order valence-electron chi connectivity index (χ3n) is 5.26. The molecule has 0 spiro atoms. The lowest BCUT2D eigenvalue weighted by Crippen LogP contribution is -2.28. The number of hydrogen-bond donors (Lipinski definition) is 1. The Hall–Kier alpha value is -0.830. The molecule has 0 aliphatic heterocycles. The van der Waals surface area contributed by atoms with Gasteiger partial charge in [0.1, 0.15) is 5.76 Å². The van der Waals surface area contributed by atoms with E-state index in [1.165, 1.54) is 50.7 Å². The van der Waals surface area contributed by atoms with E-state index in [-0.39, 0.29) is 0 Å². The number of aromatic nitrogens is 1. The van der Waals surface area contributed by atoms with Crippen LogP contribution in [-0.2, 0) is 6.54 Å². The van der Waals surface area contributed by atoms with E-state index in [4.69, 9.17) is 4.42 Å². The number of nitrogens with one attached hydrogen (secondary N) is 1. The smallest absolute Gasteiger partial charge is 0.181 e. The maximum Gasteiger partial charge on any atom is 0.181 e. The summed E-state index contributed by atoms with van der Waals surface area (Å²) in [5.41, 5.74) is 1.14. The SMILES string of the molecule is CC(C)NCc1ncoc1C1CCC2CCCCC2C1. The Kier molecular flexibility index (Phi) is 4.45. The molecule has 2 fully saturated rings. The van der Waals surface area contributed by atoms with Crippen LogP contribution in [0.4, 0.5) is 0 Å². The summed E-state index contributed by atoms with van der Waals surface area (Å²) in [6, 6.07) is 0.494. The van der Waals surface area contributed by atoms with Gasteiger partial charge in [0.15, 0.2) is 6.39 Å². The van der Waals surface area contributed by atoms with Crippen molar-refractivity contribution in [3.05, 3.63) is 17.8 Å². The maximum absolute atomic E-state index is 5.77. The lowest BCUT2D eigenvalue weighted by Gasteiger charge is -2.38. The van der Waals surface area contributed by atoms with Gasteiger partial charge in [0.25, 0.3) is 0 Å². The second-order valence-electron chi connectivity index (χ2n) is 7.01. The maximum atomic E-state index is 5.77. The highest BCUT2D eigenvalue weighted by Gasteiger charge is 2.34. The third-order valence-corrected chi connectivity index (χ3v) is 5.26. The second-order valence-corrected chi connectivity index (χ2v) is 7.01. The molecule has 20 heavy (non-hydrogen) atoms. The van der Waals surface area contributed by atoms with Gasteiger partial charge in [0.05, 0.1) is 5.69 Å². The predicted molar refractivity (Wildman–Crippen MR) is 80.5 cm³/mol. The fourth-order valence-electron chi connectivity index (χ4n) is 4.16. The molecular weight excluding hydrogens is 248 g/mol. The molecule has 3 atom stereocenters. The minimum atomic E-state index is 0.494. The van der Waals surface area contributed by atoms with Gasteiger partial charge in [0, 0.05) is 18.5 Å². The number of hydrogen-bond acceptors (Lipinski definition) is 3. The summed E-state index contributed by atoms with van der Waals surface area (Å²) in [5.74, 6) is 3.72. The minimum Gasteiger partial charge on any atom is -0.448 e. The topological polar surface area (TPSA) is 38.1 Å². The number of rotatable bonds is 4. The van der Waals surface area contributed by atoms with Crippen molar-refractivity contribution in [2.75, 3.05) is 0 Å². The highest BCUT2D eigenvalue weighted by atomic mass is 16.3. The highest BCUT2D eigenvalue weighted by Crippen LogP contribution is 2.46. The van der Waals surface area contributed by atoms with Gasteiger partial charge in [-0.3, -0.25) is 0 Å². The first kappa shape index (κ1) is 14.1. The molecule has 3 unspecified atom stereocenters. The lowest BCUT2D eigenvalue weighted by atomic mass is 9.67. The molecule has 2 saturated carbocycles. The Morgan fingerprint density at radius 3 is 2.80 bits per heavy atom. The zero-order valence-corrected chi connectivity index (χ0v) is 12.9. The monoisotopic (exact) mass is 276 g/mol. The molecular formula is C17H28N2O. The molecule has 0 amide bonds. The van der Waals surface area contributed by atoms with Gasteiger partial charge in [-0.25, -0.2) is 4.98 Å². The molecule has 2 aliphatic rings. The zero-order chi connectivity index (χ0) is 13.9. The summed E-state index contributed by atoms with van der Waals surface area (Å²) in [6.45, 7) is 5.19. The van der Waals surface area contributed by atoms with Crippen molar-refractivity contribution in [2.24, 2.45) is 11.8 Å². The summed E-state index contributed by atoms with van der Waals surface area (Å²) in [6.07, 6.45) is 11.5. The average molecular weight is 276 g/mol. The van der Waals surface area contributed by atoms with Crippen molar-refractivity contribution in [2.45, 2.75) is 77.3 Å². The molecule has 0 radical (unpaired) electrons. The summed E-state index contributed by atoms with van der Waals surface area (Å²) in [4.78, 5) is 4.44. The Bertz CT molecular complexity index is 426. The highest BCUT2D eigenvalue weighted by molar-refractivity contribution is 5.14. The molecule has 112 valence electrons. The Morgan fingerprint density at radius 1 is 1.20 bits per heavy atom. The van der Waals surface area contributed by atoms with Crippen LogP contribution in [0.15, 0.2) is 10.8 Å². The third kappa shape index (κ3) is 3.08. The van der Waals surface area contributed by atoms with Crippen molar-refractivity contribution in [3.8, 4) is 0 Å². The van der Waals surface area contributed by atoms with E-state index in [0.29, 0.717) is 12.0 Å². The fourth-order valence-corrected chi connectivity index (χ4v) is 4.16. The number of nitrogens with zero attached hydrogens (tertiary/aromatic N) is 1. The number of fused-ring (bicyclic) bond motifs is 1. The summed E-state index contributed by atoms with van der Waals surface area (Å²) in [7, 11) is 0. The van der Waals surface area contributed by atoms with Gasteiger partial charge in [-0.1, -0.05) is 39.5 Å². The predicted octanol–water partition coefficient (Wildman–Crippen LogP) is 4.25. The van der Waals surface area contributed by atoms with Crippen LogP contribution in [0, 0.1) is 11.8 Å².